The predicted molar refractivity (Wildman–Crippen MR) is 74.3 cm³/mol. The van der Waals surface area contributed by atoms with Gasteiger partial charge in [-0.3, -0.25) is 0 Å². The van der Waals surface area contributed by atoms with Gasteiger partial charge in [0.15, 0.2) is 5.82 Å². The van der Waals surface area contributed by atoms with E-state index >= 15 is 0 Å². The first-order valence-corrected chi connectivity index (χ1v) is 6.99. The lowest BCUT2D eigenvalue weighted by Crippen LogP contribution is -2.28. The van der Waals surface area contributed by atoms with Crippen molar-refractivity contribution in [2.75, 3.05) is 31.2 Å². The Morgan fingerprint density at radius 2 is 2.29 bits per heavy atom. The van der Waals surface area contributed by atoms with Gasteiger partial charge in [0.1, 0.15) is 6.20 Å². The number of nitrogens with zero attached hydrogens (tertiary/aromatic N) is 5. The fraction of sp³-hybridized carbons (Fsp3) is 0.538. The lowest BCUT2D eigenvalue weighted by molar-refractivity contribution is -0.391. The number of fused-ring (bicyclic) bond motifs is 1. The summed E-state index contributed by atoms with van der Waals surface area (Å²) in [5.74, 6) is 0.650. The molecule has 1 spiro atoms. The summed E-state index contributed by atoms with van der Waals surface area (Å²) >= 11 is 0. The van der Waals surface area contributed by atoms with Gasteiger partial charge in [0.05, 0.1) is 6.61 Å². The van der Waals surface area contributed by atoms with Gasteiger partial charge in [-0.2, -0.15) is 0 Å². The molecule has 0 N–H and O–H groups in total. The number of imidazole rings is 1. The van der Waals surface area contributed by atoms with Crippen LogP contribution in [0.3, 0.4) is 0 Å². The minimum atomic E-state index is -0.465. The molecule has 2 fully saturated rings. The predicted octanol–water partition coefficient (Wildman–Crippen LogP) is 1.25. The highest BCUT2D eigenvalue weighted by molar-refractivity contribution is 5.50. The van der Waals surface area contributed by atoms with E-state index in [9.17, 15) is 10.1 Å². The second-order valence-corrected chi connectivity index (χ2v) is 5.81. The lowest BCUT2D eigenvalue weighted by Gasteiger charge is -2.21. The summed E-state index contributed by atoms with van der Waals surface area (Å²) in [6, 6.07) is 3.65. The maximum Gasteiger partial charge on any atom is 0.368 e. The Kier molecular flexibility index (Phi) is 2.61. The van der Waals surface area contributed by atoms with Gasteiger partial charge in [0.2, 0.25) is 5.65 Å². The molecular weight excluding hydrogens is 274 g/mol. The second kappa shape index (κ2) is 4.39. The molecule has 2 aliphatic heterocycles. The highest BCUT2D eigenvalue weighted by atomic mass is 16.6. The SMILES string of the molecule is O=[N+]([O-])c1cnc2ccc(N3CCC4(CCOC4)C3)nn12. The van der Waals surface area contributed by atoms with E-state index in [1.165, 1.54) is 10.7 Å². The van der Waals surface area contributed by atoms with Crippen molar-refractivity contribution in [2.24, 2.45) is 5.41 Å². The van der Waals surface area contributed by atoms with Gasteiger partial charge >= 0.3 is 5.82 Å². The maximum absolute atomic E-state index is 11.0. The molecule has 4 heterocycles. The molecule has 110 valence electrons. The normalized spacial score (nSPS) is 25.2. The average molecular weight is 289 g/mol. The molecule has 4 rings (SSSR count). The quantitative estimate of drug-likeness (QED) is 0.611. The third kappa shape index (κ3) is 1.94. The van der Waals surface area contributed by atoms with Crippen LogP contribution in [0.5, 0.6) is 0 Å². The Morgan fingerprint density at radius 3 is 3.05 bits per heavy atom. The first-order chi connectivity index (χ1) is 10.2. The molecule has 2 aromatic rings. The molecule has 1 unspecified atom stereocenters. The maximum atomic E-state index is 11.0. The molecule has 8 heteroatoms. The number of hydrogen-bond acceptors (Lipinski definition) is 6. The van der Waals surface area contributed by atoms with Gasteiger partial charge in [0, 0.05) is 31.2 Å². The summed E-state index contributed by atoms with van der Waals surface area (Å²) in [5.41, 5.74) is 0.723. The average Bonchev–Trinajstić information content (AvgIpc) is 3.19. The van der Waals surface area contributed by atoms with Crippen LogP contribution in [0.15, 0.2) is 18.3 Å². The van der Waals surface area contributed by atoms with Gasteiger partial charge in [-0.05, 0) is 23.8 Å². The van der Waals surface area contributed by atoms with E-state index in [-0.39, 0.29) is 11.2 Å². The van der Waals surface area contributed by atoms with E-state index < -0.39 is 4.92 Å². The lowest BCUT2D eigenvalue weighted by atomic mass is 9.87. The largest absolute Gasteiger partial charge is 0.381 e. The van der Waals surface area contributed by atoms with Crippen LogP contribution >= 0.6 is 0 Å². The number of nitro groups is 1. The molecule has 2 aromatic heterocycles. The summed E-state index contributed by atoms with van der Waals surface area (Å²) < 4.78 is 6.82. The third-order valence-electron chi connectivity index (χ3n) is 4.46. The van der Waals surface area contributed by atoms with Crippen LogP contribution in [-0.4, -0.2) is 45.8 Å². The molecule has 0 saturated carbocycles. The van der Waals surface area contributed by atoms with E-state index in [4.69, 9.17) is 4.74 Å². The molecule has 8 nitrogen and oxygen atoms in total. The minimum absolute atomic E-state index is 0.107. The van der Waals surface area contributed by atoms with Crippen molar-refractivity contribution in [2.45, 2.75) is 12.8 Å². The van der Waals surface area contributed by atoms with E-state index in [2.05, 4.69) is 15.0 Å². The van der Waals surface area contributed by atoms with Gasteiger partial charge in [-0.1, -0.05) is 9.61 Å². The zero-order chi connectivity index (χ0) is 14.4. The van der Waals surface area contributed by atoms with Crippen LogP contribution < -0.4 is 4.90 Å². The number of anilines is 1. The topological polar surface area (TPSA) is 85.8 Å². The number of aromatic nitrogens is 3. The Labute approximate surface area is 120 Å². The number of ether oxygens (including phenoxy) is 1. The van der Waals surface area contributed by atoms with Gasteiger partial charge in [-0.15, -0.1) is 0 Å². The Morgan fingerprint density at radius 1 is 1.38 bits per heavy atom. The highest BCUT2D eigenvalue weighted by Gasteiger charge is 2.42. The van der Waals surface area contributed by atoms with Crippen molar-refractivity contribution >= 4 is 17.3 Å². The van der Waals surface area contributed by atoms with E-state index in [0.717, 1.165) is 45.0 Å². The number of rotatable bonds is 2. The van der Waals surface area contributed by atoms with Crippen LogP contribution in [0.4, 0.5) is 11.6 Å². The fourth-order valence-corrected chi connectivity index (χ4v) is 3.25. The Hall–Kier alpha value is -2.22. The minimum Gasteiger partial charge on any atom is -0.381 e. The Balaban J connectivity index is 1.68. The van der Waals surface area contributed by atoms with E-state index in [0.29, 0.717) is 5.65 Å². The molecule has 0 radical (unpaired) electrons. The standard InChI is InChI=1S/C13H15N5O3/c19-18(20)12-7-14-10-1-2-11(15-17(10)12)16-5-3-13(8-16)4-6-21-9-13/h1-2,7H,3-6,8-9H2. The molecule has 2 saturated heterocycles. The van der Waals surface area contributed by atoms with E-state index in [1.54, 1.807) is 6.07 Å². The summed E-state index contributed by atoms with van der Waals surface area (Å²) in [6.45, 7) is 3.43. The molecule has 2 aliphatic rings. The van der Waals surface area contributed by atoms with Crippen molar-refractivity contribution in [1.82, 2.24) is 14.6 Å². The third-order valence-corrected chi connectivity index (χ3v) is 4.46. The van der Waals surface area contributed by atoms with Crippen LogP contribution in [-0.2, 0) is 4.74 Å². The van der Waals surface area contributed by atoms with Crippen molar-refractivity contribution in [1.29, 1.82) is 0 Å². The number of hydrogen-bond donors (Lipinski definition) is 0. The summed E-state index contributed by atoms with van der Waals surface area (Å²) in [6.07, 6.45) is 3.40. The highest BCUT2D eigenvalue weighted by Crippen LogP contribution is 2.39. The van der Waals surface area contributed by atoms with Gasteiger partial charge in [0.25, 0.3) is 0 Å². The zero-order valence-corrected chi connectivity index (χ0v) is 11.4. The van der Waals surface area contributed by atoms with Crippen LogP contribution in [0.25, 0.3) is 5.65 Å². The van der Waals surface area contributed by atoms with Crippen LogP contribution in [0.1, 0.15) is 12.8 Å². The first-order valence-electron chi connectivity index (χ1n) is 6.99. The second-order valence-electron chi connectivity index (χ2n) is 5.81. The van der Waals surface area contributed by atoms with Crippen LogP contribution in [0.2, 0.25) is 0 Å². The van der Waals surface area contributed by atoms with Crippen molar-refractivity contribution in [3.63, 3.8) is 0 Å². The molecular formula is C13H15N5O3. The van der Waals surface area contributed by atoms with Gasteiger partial charge in [-0.25, -0.2) is 4.98 Å². The molecule has 0 amide bonds. The summed E-state index contributed by atoms with van der Waals surface area (Å²) in [7, 11) is 0. The Bertz CT molecular complexity index is 707. The summed E-state index contributed by atoms with van der Waals surface area (Å²) in [4.78, 5) is 16.7. The fourth-order valence-electron chi connectivity index (χ4n) is 3.25. The first kappa shape index (κ1) is 12.5. The summed E-state index contributed by atoms with van der Waals surface area (Å²) in [5, 5.41) is 15.4. The van der Waals surface area contributed by atoms with Crippen molar-refractivity contribution in [3.05, 3.63) is 28.4 Å². The molecule has 1 atom stereocenters. The molecule has 0 aromatic carbocycles. The van der Waals surface area contributed by atoms with E-state index in [1.807, 2.05) is 6.07 Å². The molecule has 21 heavy (non-hydrogen) atoms. The smallest absolute Gasteiger partial charge is 0.368 e. The van der Waals surface area contributed by atoms with Crippen LogP contribution in [0, 0.1) is 15.5 Å². The molecule has 0 bridgehead atoms. The zero-order valence-electron chi connectivity index (χ0n) is 11.4. The van der Waals surface area contributed by atoms with Gasteiger partial charge < -0.3 is 19.8 Å². The van der Waals surface area contributed by atoms with Crippen molar-refractivity contribution < 1.29 is 9.66 Å². The monoisotopic (exact) mass is 289 g/mol. The molecule has 0 aliphatic carbocycles. The van der Waals surface area contributed by atoms with Crippen molar-refractivity contribution in [3.8, 4) is 0 Å².